The van der Waals surface area contributed by atoms with E-state index in [0.717, 1.165) is 28.2 Å². The van der Waals surface area contributed by atoms with Gasteiger partial charge in [0.15, 0.2) is 10.4 Å². The predicted molar refractivity (Wildman–Crippen MR) is 75.1 cm³/mol. The van der Waals surface area contributed by atoms with E-state index in [4.69, 9.17) is 12.2 Å². The maximum atomic E-state index is 5.40. The second-order valence-corrected chi connectivity index (χ2v) is 6.39. The smallest absolute Gasteiger partial charge is 0.179 e. The fourth-order valence-corrected chi connectivity index (χ4v) is 3.16. The van der Waals surface area contributed by atoms with E-state index in [9.17, 15) is 0 Å². The summed E-state index contributed by atoms with van der Waals surface area (Å²) in [6.45, 7) is 2.99. The summed E-state index contributed by atoms with van der Waals surface area (Å²) in [5, 5.41) is 0. The average molecular weight is 265 g/mol. The van der Waals surface area contributed by atoms with Gasteiger partial charge in [-0.2, -0.15) is 11.8 Å². The normalized spacial score (nSPS) is 17.5. The Bertz CT molecular complexity index is 622. The summed E-state index contributed by atoms with van der Waals surface area (Å²) in [5.41, 5.74) is 3.07. The zero-order chi connectivity index (χ0) is 12.0. The number of nitrogens with zero attached hydrogens (tertiary/aromatic N) is 2. The summed E-state index contributed by atoms with van der Waals surface area (Å²) in [6.07, 6.45) is 4.76. The first-order valence-corrected chi connectivity index (χ1v) is 7.38. The molecule has 2 aromatic heterocycles. The Morgan fingerprint density at radius 2 is 2.29 bits per heavy atom. The molecule has 17 heavy (non-hydrogen) atoms. The van der Waals surface area contributed by atoms with Gasteiger partial charge in [-0.05, 0) is 50.4 Å². The maximum absolute atomic E-state index is 5.40. The Kier molecular flexibility index (Phi) is 2.56. The van der Waals surface area contributed by atoms with Crippen LogP contribution in [0.1, 0.15) is 18.5 Å². The number of aromatic nitrogens is 3. The Labute approximate surface area is 110 Å². The minimum Gasteiger partial charge on any atom is -0.329 e. The quantitative estimate of drug-likeness (QED) is 0.865. The van der Waals surface area contributed by atoms with Crippen molar-refractivity contribution in [1.82, 2.24) is 14.5 Å². The van der Waals surface area contributed by atoms with Crippen LogP contribution < -0.4 is 0 Å². The van der Waals surface area contributed by atoms with Gasteiger partial charge in [0.1, 0.15) is 0 Å². The van der Waals surface area contributed by atoms with E-state index in [2.05, 4.69) is 26.9 Å². The minimum absolute atomic E-state index is 0.402. The van der Waals surface area contributed by atoms with Crippen LogP contribution in [-0.4, -0.2) is 25.5 Å². The molecule has 2 heterocycles. The van der Waals surface area contributed by atoms with Crippen LogP contribution in [0.5, 0.6) is 0 Å². The number of rotatable bonds is 3. The number of pyridine rings is 1. The summed E-state index contributed by atoms with van der Waals surface area (Å²) in [5.74, 6) is 0. The van der Waals surface area contributed by atoms with Gasteiger partial charge in [-0.1, -0.05) is 0 Å². The summed E-state index contributed by atoms with van der Waals surface area (Å²) in [6, 6.07) is 4.07. The summed E-state index contributed by atoms with van der Waals surface area (Å²) < 4.78 is 3.35. The van der Waals surface area contributed by atoms with E-state index < -0.39 is 0 Å². The van der Waals surface area contributed by atoms with Crippen LogP contribution in [0, 0.1) is 11.7 Å². The van der Waals surface area contributed by atoms with E-state index in [1.165, 1.54) is 12.8 Å². The van der Waals surface area contributed by atoms with Crippen LogP contribution in [0.25, 0.3) is 11.2 Å². The highest BCUT2D eigenvalue weighted by Gasteiger charge is 2.42. The van der Waals surface area contributed by atoms with Gasteiger partial charge >= 0.3 is 0 Å². The van der Waals surface area contributed by atoms with Crippen molar-refractivity contribution in [3.05, 3.63) is 22.6 Å². The number of imidazole rings is 1. The molecule has 3 nitrogen and oxygen atoms in total. The highest BCUT2D eigenvalue weighted by molar-refractivity contribution is 8.00. The van der Waals surface area contributed by atoms with Crippen molar-refractivity contribution in [3.63, 3.8) is 0 Å². The highest BCUT2D eigenvalue weighted by Crippen LogP contribution is 2.48. The second-order valence-electron chi connectivity index (χ2n) is 4.73. The van der Waals surface area contributed by atoms with E-state index >= 15 is 0 Å². The topological polar surface area (TPSA) is 33.6 Å². The van der Waals surface area contributed by atoms with Gasteiger partial charge in [-0.25, -0.2) is 4.98 Å². The third-order valence-corrected chi connectivity index (χ3v) is 5.17. The van der Waals surface area contributed by atoms with Crippen molar-refractivity contribution < 1.29 is 0 Å². The lowest BCUT2D eigenvalue weighted by Crippen LogP contribution is -2.14. The third kappa shape index (κ3) is 1.91. The molecule has 0 bridgehead atoms. The number of hydrogen-bond donors (Lipinski definition) is 1. The molecule has 1 aliphatic carbocycles. The Morgan fingerprint density at radius 1 is 1.53 bits per heavy atom. The molecule has 0 spiro atoms. The standard InChI is InChI=1S/C12H15N3S2/c1-8-3-4-9-10(13-8)15(11(16)14-9)7-12(17-2)5-6-12/h3-4H,5-7H2,1-2H3,(H,14,16). The number of nitrogens with one attached hydrogen (secondary N) is 1. The minimum atomic E-state index is 0.402. The molecule has 0 atom stereocenters. The van der Waals surface area contributed by atoms with E-state index in [0.29, 0.717) is 4.75 Å². The molecule has 90 valence electrons. The molecule has 0 aromatic carbocycles. The van der Waals surface area contributed by atoms with E-state index in [1.54, 1.807) is 0 Å². The predicted octanol–water partition coefficient (Wildman–Crippen LogP) is 3.30. The second kappa shape index (κ2) is 3.85. The molecule has 2 aromatic rings. The van der Waals surface area contributed by atoms with Gasteiger partial charge in [0.05, 0.1) is 5.52 Å². The molecule has 0 unspecified atom stereocenters. The number of fused-ring (bicyclic) bond motifs is 1. The van der Waals surface area contributed by atoms with Gasteiger partial charge in [-0.3, -0.25) is 0 Å². The SMILES string of the molecule is CSC1(Cn2c(=S)[nH]c3ccc(C)nc32)CC1. The van der Waals surface area contributed by atoms with Crippen molar-refractivity contribution in [2.24, 2.45) is 0 Å². The Morgan fingerprint density at radius 3 is 2.94 bits per heavy atom. The fraction of sp³-hybridized carbons (Fsp3) is 0.500. The van der Waals surface area contributed by atoms with Gasteiger partial charge in [0, 0.05) is 17.0 Å². The van der Waals surface area contributed by atoms with Crippen molar-refractivity contribution >= 4 is 35.1 Å². The van der Waals surface area contributed by atoms with Gasteiger partial charge in [0.25, 0.3) is 0 Å². The number of aryl methyl sites for hydroxylation is 1. The maximum Gasteiger partial charge on any atom is 0.179 e. The first-order valence-electron chi connectivity index (χ1n) is 5.75. The molecule has 1 aliphatic rings. The number of H-pyrrole nitrogens is 1. The van der Waals surface area contributed by atoms with Crippen molar-refractivity contribution in [3.8, 4) is 0 Å². The largest absolute Gasteiger partial charge is 0.329 e. The van der Waals surface area contributed by atoms with Crippen molar-refractivity contribution in [2.45, 2.75) is 31.1 Å². The van der Waals surface area contributed by atoms with E-state index in [1.807, 2.05) is 24.8 Å². The lowest BCUT2D eigenvalue weighted by atomic mass is 10.3. The molecule has 1 N–H and O–H groups in total. The molecule has 0 saturated heterocycles. The summed E-state index contributed by atoms with van der Waals surface area (Å²) in [7, 11) is 0. The van der Waals surface area contributed by atoms with Crippen LogP contribution in [0.3, 0.4) is 0 Å². The summed E-state index contributed by atoms with van der Waals surface area (Å²) >= 11 is 7.35. The first kappa shape index (κ1) is 11.3. The highest BCUT2D eigenvalue weighted by atomic mass is 32.2. The molecule has 1 saturated carbocycles. The van der Waals surface area contributed by atoms with Crippen LogP contribution in [0.15, 0.2) is 12.1 Å². The van der Waals surface area contributed by atoms with Crippen LogP contribution >= 0.6 is 24.0 Å². The molecule has 5 heteroatoms. The van der Waals surface area contributed by atoms with Gasteiger partial charge in [-0.15, -0.1) is 0 Å². The number of aromatic amines is 1. The molecule has 0 radical (unpaired) electrons. The van der Waals surface area contributed by atoms with E-state index in [-0.39, 0.29) is 0 Å². The lowest BCUT2D eigenvalue weighted by Gasteiger charge is -2.13. The van der Waals surface area contributed by atoms with Gasteiger partial charge in [0.2, 0.25) is 0 Å². The van der Waals surface area contributed by atoms with Crippen LogP contribution in [0.2, 0.25) is 0 Å². The molecule has 1 fully saturated rings. The lowest BCUT2D eigenvalue weighted by molar-refractivity contribution is 0.664. The summed E-state index contributed by atoms with van der Waals surface area (Å²) in [4.78, 5) is 7.83. The molecule has 0 amide bonds. The van der Waals surface area contributed by atoms with Crippen LogP contribution in [-0.2, 0) is 6.54 Å². The first-order chi connectivity index (χ1) is 8.13. The van der Waals surface area contributed by atoms with Crippen molar-refractivity contribution in [2.75, 3.05) is 6.26 Å². The van der Waals surface area contributed by atoms with Crippen LogP contribution in [0.4, 0.5) is 0 Å². The zero-order valence-corrected chi connectivity index (χ0v) is 11.6. The Hall–Kier alpha value is -0.810. The molecule has 0 aliphatic heterocycles. The average Bonchev–Trinajstić information content (AvgIpc) is 3.03. The molecular weight excluding hydrogens is 250 g/mol. The van der Waals surface area contributed by atoms with Gasteiger partial charge < -0.3 is 9.55 Å². The monoisotopic (exact) mass is 265 g/mol. The zero-order valence-electron chi connectivity index (χ0n) is 9.99. The molecular formula is C12H15N3S2. The van der Waals surface area contributed by atoms with Crippen molar-refractivity contribution in [1.29, 1.82) is 0 Å². The third-order valence-electron chi connectivity index (χ3n) is 3.44. The Balaban J connectivity index is 2.11. The molecule has 3 rings (SSSR count). The fourth-order valence-electron chi connectivity index (χ4n) is 2.13. The number of thioether (sulfide) groups is 1. The number of hydrogen-bond acceptors (Lipinski definition) is 3.